The zero-order valence-corrected chi connectivity index (χ0v) is 29.0. The standard InChI is InChI=1S/C35H58N2O9/c1-9-27(39)25(5)32-28(44-32)20-34(6,42)15-10-11-22(2)31-23(3)12-13-29(35(7,43)16-14-26(38)19-30(40)46-31)45-33(41)37-18-17-36(8)24(4)21-37/h10-13,15,23-29,31-32,38-39,42-43H,9,14,16-21H2,1-8H3/t23?,24-,25?,26?,27?,28?,29?,31?,32?,34?,35?/m0/s1. The number of nitrogens with zero attached hydrogens (tertiary/aromatic N) is 2. The molecule has 0 aromatic heterocycles. The van der Waals surface area contributed by atoms with Crippen LogP contribution in [0.3, 0.4) is 0 Å². The number of piperazine rings is 1. The van der Waals surface area contributed by atoms with Crippen molar-refractivity contribution in [3.8, 4) is 0 Å². The minimum Gasteiger partial charge on any atom is -0.457 e. The van der Waals surface area contributed by atoms with Crippen LogP contribution >= 0.6 is 0 Å². The smallest absolute Gasteiger partial charge is 0.410 e. The highest BCUT2D eigenvalue weighted by Gasteiger charge is 2.47. The van der Waals surface area contributed by atoms with Gasteiger partial charge in [0.25, 0.3) is 0 Å². The third kappa shape index (κ3) is 10.9. The minimum atomic E-state index is -1.49. The van der Waals surface area contributed by atoms with Crippen molar-refractivity contribution in [3.05, 3.63) is 36.0 Å². The lowest BCUT2D eigenvalue weighted by molar-refractivity contribution is -0.151. The van der Waals surface area contributed by atoms with Gasteiger partial charge >= 0.3 is 12.1 Å². The fourth-order valence-electron chi connectivity index (χ4n) is 6.20. The molecule has 4 N–H and O–H groups in total. The first kappa shape index (κ1) is 38.2. The highest BCUT2D eigenvalue weighted by molar-refractivity contribution is 5.70. The molecule has 10 unspecified atom stereocenters. The molecule has 2 fully saturated rings. The van der Waals surface area contributed by atoms with Crippen LogP contribution in [0.4, 0.5) is 4.79 Å². The molecule has 3 aliphatic heterocycles. The maximum absolute atomic E-state index is 13.2. The molecule has 0 aliphatic carbocycles. The second-order valence-corrected chi connectivity index (χ2v) is 14.3. The van der Waals surface area contributed by atoms with Crippen LogP contribution in [0.25, 0.3) is 0 Å². The van der Waals surface area contributed by atoms with Gasteiger partial charge in [-0.2, -0.15) is 0 Å². The fourth-order valence-corrected chi connectivity index (χ4v) is 6.20. The quantitative estimate of drug-likeness (QED) is 0.127. The van der Waals surface area contributed by atoms with Crippen LogP contribution in [0.1, 0.15) is 80.6 Å². The van der Waals surface area contributed by atoms with Crippen molar-refractivity contribution < 1.29 is 44.2 Å². The van der Waals surface area contributed by atoms with Gasteiger partial charge < -0.3 is 44.4 Å². The van der Waals surface area contributed by atoms with E-state index in [1.54, 1.807) is 49.1 Å². The van der Waals surface area contributed by atoms with Gasteiger partial charge in [0.1, 0.15) is 11.7 Å². The largest absolute Gasteiger partial charge is 0.457 e. The Labute approximate surface area is 274 Å². The predicted molar refractivity (Wildman–Crippen MR) is 175 cm³/mol. The number of allylic oxidation sites excluding steroid dienone is 2. The number of aliphatic hydroxyl groups is 4. The molecule has 11 heteroatoms. The summed E-state index contributed by atoms with van der Waals surface area (Å²) in [4.78, 5) is 29.8. The molecule has 11 atom stereocenters. The van der Waals surface area contributed by atoms with Gasteiger partial charge in [-0.05, 0) is 65.7 Å². The summed E-state index contributed by atoms with van der Waals surface area (Å²) in [6, 6.07) is 0.175. The molecule has 3 heterocycles. The molecule has 0 aromatic rings. The third-order valence-electron chi connectivity index (χ3n) is 9.81. The van der Waals surface area contributed by atoms with E-state index >= 15 is 0 Å². The number of rotatable bonds is 9. The highest BCUT2D eigenvalue weighted by atomic mass is 16.6. The molecular weight excluding hydrogens is 592 g/mol. The van der Waals surface area contributed by atoms with E-state index in [1.165, 1.54) is 0 Å². The molecule has 0 radical (unpaired) electrons. The number of hydrogen-bond acceptors (Lipinski definition) is 10. The van der Waals surface area contributed by atoms with Crippen molar-refractivity contribution in [3.63, 3.8) is 0 Å². The van der Waals surface area contributed by atoms with Gasteiger partial charge in [0, 0.05) is 43.9 Å². The van der Waals surface area contributed by atoms with Gasteiger partial charge in [-0.25, -0.2) is 4.79 Å². The van der Waals surface area contributed by atoms with E-state index < -0.39 is 47.7 Å². The number of ether oxygens (including phenoxy) is 3. The van der Waals surface area contributed by atoms with Crippen molar-refractivity contribution in [1.29, 1.82) is 0 Å². The molecule has 0 saturated carbocycles. The van der Waals surface area contributed by atoms with Crippen molar-refractivity contribution >= 4 is 12.1 Å². The normalized spacial score (nSPS) is 36.3. The Morgan fingerprint density at radius 1 is 1.28 bits per heavy atom. The first-order valence-electron chi connectivity index (χ1n) is 16.8. The number of esters is 1. The van der Waals surface area contributed by atoms with Crippen molar-refractivity contribution in [2.75, 3.05) is 26.7 Å². The number of amides is 1. The molecule has 0 spiro atoms. The average Bonchev–Trinajstić information content (AvgIpc) is 3.74. The number of carbonyl (C=O) groups is 2. The van der Waals surface area contributed by atoms with Crippen LogP contribution in [0.5, 0.6) is 0 Å². The summed E-state index contributed by atoms with van der Waals surface area (Å²) in [5.74, 6) is -0.948. The Bertz CT molecular complexity index is 1120. The zero-order valence-electron chi connectivity index (χ0n) is 29.0. The molecule has 0 aromatic carbocycles. The van der Waals surface area contributed by atoms with Crippen LogP contribution in [-0.4, -0.2) is 123 Å². The molecule has 3 rings (SSSR count). The highest BCUT2D eigenvalue weighted by Crippen LogP contribution is 2.37. The summed E-state index contributed by atoms with van der Waals surface area (Å²) >= 11 is 0. The number of likely N-dealkylation sites (N-methyl/N-ethyl adjacent to an activating group) is 1. The molecule has 1 amide bonds. The zero-order chi connectivity index (χ0) is 34.4. The number of carbonyl (C=O) groups excluding carboxylic acids is 2. The fraction of sp³-hybridized carbons (Fsp3) is 0.771. The van der Waals surface area contributed by atoms with E-state index in [9.17, 15) is 30.0 Å². The number of epoxide rings is 1. The second kappa shape index (κ2) is 16.2. The first-order valence-corrected chi connectivity index (χ1v) is 16.8. The predicted octanol–water partition coefficient (Wildman–Crippen LogP) is 3.35. The number of cyclic esters (lactones) is 1. The summed E-state index contributed by atoms with van der Waals surface area (Å²) in [7, 11) is 2.01. The van der Waals surface area contributed by atoms with Crippen molar-refractivity contribution in [2.45, 2.75) is 134 Å². The number of aliphatic hydroxyl groups excluding tert-OH is 2. The first-order chi connectivity index (χ1) is 21.4. The van der Waals surface area contributed by atoms with E-state index in [1.807, 2.05) is 41.7 Å². The van der Waals surface area contributed by atoms with Crippen molar-refractivity contribution in [1.82, 2.24) is 9.80 Å². The molecule has 262 valence electrons. The monoisotopic (exact) mass is 650 g/mol. The van der Waals surface area contributed by atoms with Gasteiger partial charge in [-0.15, -0.1) is 0 Å². The Morgan fingerprint density at radius 3 is 2.63 bits per heavy atom. The average molecular weight is 651 g/mol. The lowest BCUT2D eigenvalue weighted by Gasteiger charge is -2.39. The summed E-state index contributed by atoms with van der Waals surface area (Å²) < 4.78 is 17.5. The summed E-state index contributed by atoms with van der Waals surface area (Å²) in [5, 5.41) is 43.1. The van der Waals surface area contributed by atoms with E-state index in [-0.39, 0.29) is 49.3 Å². The maximum Gasteiger partial charge on any atom is 0.410 e. The van der Waals surface area contributed by atoms with Crippen LogP contribution < -0.4 is 0 Å². The van der Waals surface area contributed by atoms with E-state index in [0.29, 0.717) is 31.5 Å². The molecular formula is C35H58N2O9. The van der Waals surface area contributed by atoms with Crippen LogP contribution in [0.15, 0.2) is 36.0 Å². The lowest BCUT2D eigenvalue weighted by atomic mass is 9.88. The minimum absolute atomic E-state index is 0.0111. The summed E-state index contributed by atoms with van der Waals surface area (Å²) in [5.41, 5.74) is -1.94. The Balaban J connectivity index is 1.75. The van der Waals surface area contributed by atoms with Crippen LogP contribution in [-0.2, 0) is 19.0 Å². The Kier molecular flexibility index (Phi) is 13.5. The Morgan fingerprint density at radius 2 is 1.98 bits per heavy atom. The number of hydrogen-bond donors (Lipinski definition) is 4. The molecule has 2 saturated heterocycles. The molecule has 0 bridgehead atoms. The topological polar surface area (TPSA) is 153 Å². The Hall–Kier alpha value is -2.28. The molecule has 11 nitrogen and oxygen atoms in total. The third-order valence-corrected chi connectivity index (χ3v) is 9.81. The molecule has 3 aliphatic rings. The molecule has 46 heavy (non-hydrogen) atoms. The van der Waals surface area contributed by atoms with E-state index in [0.717, 1.165) is 6.54 Å². The van der Waals surface area contributed by atoms with Gasteiger partial charge in [-0.3, -0.25) is 4.79 Å². The van der Waals surface area contributed by atoms with Crippen molar-refractivity contribution in [2.24, 2.45) is 11.8 Å². The van der Waals surface area contributed by atoms with Gasteiger partial charge in [-0.1, -0.05) is 45.1 Å². The van der Waals surface area contributed by atoms with Crippen LogP contribution in [0.2, 0.25) is 0 Å². The maximum atomic E-state index is 13.2. The van der Waals surface area contributed by atoms with E-state index in [2.05, 4.69) is 4.90 Å². The van der Waals surface area contributed by atoms with Crippen LogP contribution in [0, 0.1) is 11.8 Å². The second-order valence-electron chi connectivity index (χ2n) is 14.3. The van der Waals surface area contributed by atoms with Gasteiger partial charge in [0.15, 0.2) is 6.10 Å². The summed E-state index contributed by atoms with van der Waals surface area (Å²) in [6.45, 7) is 14.6. The van der Waals surface area contributed by atoms with E-state index in [4.69, 9.17) is 14.2 Å². The van der Waals surface area contributed by atoms with Gasteiger partial charge in [0.2, 0.25) is 0 Å². The summed E-state index contributed by atoms with van der Waals surface area (Å²) in [6.07, 6.45) is 5.69. The lowest BCUT2D eigenvalue weighted by Crippen LogP contribution is -2.53. The SMILES string of the molecule is CCC(O)C(C)C1OC1CC(C)(O)C=CC=C(C)C1OC(=O)CC(O)CCC(C)(O)C(OC(=O)N2CCN(C)[C@@H](C)C2)C=CC1C. The van der Waals surface area contributed by atoms with Gasteiger partial charge in [0.05, 0.1) is 36.4 Å².